The number of nitrogens with zero attached hydrogens (tertiary/aromatic N) is 7. The molecule has 0 amide bonds. The minimum atomic E-state index is 0.674. The number of benzene rings is 1. The number of amidine groups is 1. The lowest BCUT2D eigenvalue weighted by Gasteiger charge is -2.35. The van der Waals surface area contributed by atoms with E-state index in [1.54, 1.807) is 12.4 Å². The molecule has 158 valence electrons. The number of nitrogens with one attached hydrogen (secondary N) is 1. The molecule has 8 nitrogen and oxygen atoms in total. The van der Waals surface area contributed by atoms with Crippen molar-refractivity contribution in [3.05, 3.63) is 78.5 Å². The van der Waals surface area contributed by atoms with E-state index < -0.39 is 0 Å². The lowest BCUT2D eigenvalue weighted by Crippen LogP contribution is -2.47. The zero-order valence-corrected chi connectivity index (χ0v) is 17.5. The summed E-state index contributed by atoms with van der Waals surface area (Å²) in [5, 5.41) is 5.74. The summed E-state index contributed by atoms with van der Waals surface area (Å²) in [7, 11) is 0. The molecule has 0 unspecified atom stereocenters. The van der Waals surface area contributed by atoms with Crippen LogP contribution in [0, 0.1) is 0 Å². The van der Waals surface area contributed by atoms with Gasteiger partial charge < -0.3 is 15.1 Å². The van der Waals surface area contributed by atoms with Crippen molar-refractivity contribution in [3.63, 3.8) is 0 Å². The third kappa shape index (κ3) is 3.39. The quantitative estimate of drug-likeness (QED) is 0.543. The number of rotatable bonds is 3. The molecule has 4 aromatic rings. The smallest absolute Gasteiger partial charge is 0.225 e. The standard InChI is InChI=1S/C24H22N8/c1-3-18-16-29-22(21(18)25-7-1)30-19-4-5-20-17(15-19)6-10-26-23(20)31-11-13-32(14-12-31)24-27-8-2-9-28-24/h1-10,15H,11-14,16H2,(H,29,30). The Bertz CT molecular complexity index is 1300. The number of pyridine rings is 2. The second kappa shape index (κ2) is 7.88. The molecule has 0 saturated carbocycles. The maximum Gasteiger partial charge on any atom is 0.225 e. The average molecular weight is 422 g/mol. The predicted octanol–water partition coefficient (Wildman–Crippen LogP) is 3.12. The Morgan fingerprint density at radius 3 is 2.44 bits per heavy atom. The molecule has 1 N–H and O–H groups in total. The molecule has 3 aromatic heterocycles. The van der Waals surface area contributed by atoms with E-state index in [-0.39, 0.29) is 0 Å². The van der Waals surface area contributed by atoms with Crippen molar-refractivity contribution in [3.8, 4) is 0 Å². The Kier molecular flexibility index (Phi) is 4.60. The third-order valence-corrected chi connectivity index (χ3v) is 5.94. The fourth-order valence-electron chi connectivity index (χ4n) is 4.32. The van der Waals surface area contributed by atoms with E-state index in [1.165, 1.54) is 0 Å². The zero-order chi connectivity index (χ0) is 21.3. The predicted molar refractivity (Wildman–Crippen MR) is 126 cm³/mol. The minimum absolute atomic E-state index is 0.674. The third-order valence-electron chi connectivity index (χ3n) is 5.94. The highest BCUT2D eigenvalue weighted by molar-refractivity contribution is 6.10. The molecule has 0 spiro atoms. The van der Waals surface area contributed by atoms with Gasteiger partial charge in [0.2, 0.25) is 5.95 Å². The first-order chi connectivity index (χ1) is 15.8. The van der Waals surface area contributed by atoms with Gasteiger partial charge in [-0.3, -0.25) is 9.98 Å². The second-order valence-electron chi connectivity index (χ2n) is 7.89. The van der Waals surface area contributed by atoms with Crippen molar-refractivity contribution in [2.24, 2.45) is 4.99 Å². The van der Waals surface area contributed by atoms with Gasteiger partial charge in [0.15, 0.2) is 5.84 Å². The molecular formula is C24H22N8. The van der Waals surface area contributed by atoms with E-state index in [9.17, 15) is 0 Å². The lowest BCUT2D eigenvalue weighted by atomic mass is 10.1. The Labute approximate surface area is 185 Å². The monoisotopic (exact) mass is 422 g/mol. The number of hydrogen-bond donors (Lipinski definition) is 1. The van der Waals surface area contributed by atoms with Crippen LogP contribution in [-0.2, 0) is 6.54 Å². The van der Waals surface area contributed by atoms with E-state index in [2.05, 4.69) is 65.4 Å². The minimum Gasteiger partial charge on any atom is -0.353 e. The van der Waals surface area contributed by atoms with Gasteiger partial charge in [-0.15, -0.1) is 0 Å². The van der Waals surface area contributed by atoms with Crippen LogP contribution >= 0.6 is 0 Å². The summed E-state index contributed by atoms with van der Waals surface area (Å²) in [6.45, 7) is 4.17. The number of aliphatic imine (C=N–C) groups is 1. The first-order valence-electron chi connectivity index (χ1n) is 10.8. The van der Waals surface area contributed by atoms with Crippen LogP contribution in [0.4, 0.5) is 17.5 Å². The van der Waals surface area contributed by atoms with Crippen LogP contribution in [0.15, 0.2) is 72.2 Å². The molecule has 2 aliphatic rings. The van der Waals surface area contributed by atoms with E-state index in [0.717, 1.165) is 71.5 Å². The molecule has 1 aromatic carbocycles. The van der Waals surface area contributed by atoms with Crippen molar-refractivity contribution in [2.75, 3.05) is 41.3 Å². The van der Waals surface area contributed by atoms with Crippen LogP contribution in [0.3, 0.4) is 0 Å². The normalized spacial score (nSPS) is 15.6. The maximum atomic E-state index is 4.71. The van der Waals surface area contributed by atoms with Gasteiger partial charge >= 0.3 is 0 Å². The number of aromatic nitrogens is 4. The van der Waals surface area contributed by atoms with Crippen molar-refractivity contribution in [1.29, 1.82) is 0 Å². The topological polar surface area (TPSA) is 82.4 Å². The highest BCUT2D eigenvalue weighted by Gasteiger charge is 2.21. The molecule has 0 atom stereocenters. The molecule has 32 heavy (non-hydrogen) atoms. The molecule has 5 heterocycles. The molecule has 1 fully saturated rings. The summed E-state index contributed by atoms with van der Waals surface area (Å²) in [6.07, 6.45) is 7.28. The van der Waals surface area contributed by atoms with Crippen molar-refractivity contribution in [1.82, 2.24) is 19.9 Å². The van der Waals surface area contributed by atoms with Crippen molar-refractivity contribution >= 4 is 34.1 Å². The van der Waals surface area contributed by atoms with Gasteiger partial charge in [-0.25, -0.2) is 15.0 Å². The van der Waals surface area contributed by atoms with Crippen LogP contribution < -0.4 is 15.1 Å². The van der Waals surface area contributed by atoms with E-state index >= 15 is 0 Å². The Morgan fingerprint density at radius 1 is 0.750 bits per heavy atom. The van der Waals surface area contributed by atoms with Crippen LogP contribution in [0.1, 0.15) is 11.3 Å². The molecule has 0 bridgehead atoms. The van der Waals surface area contributed by atoms with Crippen LogP contribution in [0.2, 0.25) is 0 Å². The van der Waals surface area contributed by atoms with Gasteiger partial charge in [-0.2, -0.15) is 0 Å². The van der Waals surface area contributed by atoms with Gasteiger partial charge in [0.05, 0.1) is 6.54 Å². The van der Waals surface area contributed by atoms with Gasteiger partial charge in [0.25, 0.3) is 0 Å². The number of fused-ring (bicyclic) bond motifs is 2. The molecule has 1 saturated heterocycles. The zero-order valence-electron chi connectivity index (χ0n) is 17.5. The molecule has 6 rings (SSSR count). The van der Waals surface area contributed by atoms with Crippen molar-refractivity contribution in [2.45, 2.75) is 6.54 Å². The van der Waals surface area contributed by atoms with Crippen LogP contribution in [-0.4, -0.2) is 52.0 Å². The molecular weight excluding hydrogens is 400 g/mol. The molecule has 8 heteroatoms. The summed E-state index contributed by atoms with van der Waals surface area (Å²) in [5.74, 6) is 2.64. The van der Waals surface area contributed by atoms with Crippen molar-refractivity contribution < 1.29 is 0 Å². The van der Waals surface area contributed by atoms with E-state index in [0.29, 0.717) is 6.54 Å². The van der Waals surface area contributed by atoms with E-state index in [4.69, 9.17) is 4.98 Å². The summed E-state index contributed by atoms with van der Waals surface area (Å²) in [5.41, 5.74) is 3.09. The number of piperazine rings is 1. The maximum absolute atomic E-state index is 4.71. The highest BCUT2D eigenvalue weighted by Crippen LogP contribution is 2.29. The Hall–Kier alpha value is -4.07. The number of hydrogen-bond acceptors (Lipinski definition) is 8. The molecule has 0 radical (unpaired) electrons. The fourth-order valence-corrected chi connectivity index (χ4v) is 4.32. The molecule has 2 aliphatic heterocycles. The van der Waals surface area contributed by atoms with Crippen LogP contribution in [0.5, 0.6) is 0 Å². The van der Waals surface area contributed by atoms with Gasteiger partial charge in [-0.1, -0.05) is 6.07 Å². The van der Waals surface area contributed by atoms with Gasteiger partial charge in [0.1, 0.15) is 11.5 Å². The Balaban J connectivity index is 1.22. The SMILES string of the molecule is c1cnc(N2CCN(c3nccc4cc(NC5=NCc6cccnc65)ccc34)CC2)nc1. The first-order valence-corrected chi connectivity index (χ1v) is 10.8. The summed E-state index contributed by atoms with van der Waals surface area (Å²) in [4.78, 5) is 27.1. The highest BCUT2D eigenvalue weighted by atomic mass is 15.3. The summed E-state index contributed by atoms with van der Waals surface area (Å²) in [6, 6.07) is 14.3. The molecule has 0 aliphatic carbocycles. The van der Waals surface area contributed by atoms with Gasteiger partial charge in [-0.05, 0) is 41.8 Å². The largest absolute Gasteiger partial charge is 0.353 e. The fraction of sp³-hybridized carbons (Fsp3) is 0.208. The summed E-state index contributed by atoms with van der Waals surface area (Å²) < 4.78 is 0. The van der Waals surface area contributed by atoms with Gasteiger partial charge in [0, 0.05) is 67.6 Å². The number of anilines is 3. The summed E-state index contributed by atoms with van der Waals surface area (Å²) >= 11 is 0. The first kappa shape index (κ1) is 18.7. The lowest BCUT2D eigenvalue weighted by molar-refractivity contribution is 0.636. The second-order valence-corrected chi connectivity index (χ2v) is 7.89. The average Bonchev–Trinajstić information content (AvgIpc) is 3.27. The van der Waals surface area contributed by atoms with E-state index in [1.807, 2.05) is 24.5 Å². The van der Waals surface area contributed by atoms with Crippen LogP contribution in [0.25, 0.3) is 10.8 Å². The Morgan fingerprint density at radius 2 is 1.56 bits per heavy atom.